The van der Waals surface area contributed by atoms with Gasteiger partial charge >= 0.3 is 0 Å². The second-order valence-corrected chi connectivity index (χ2v) is 1.40. The van der Waals surface area contributed by atoms with E-state index in [1.807, 2.05) is 14.1 Å². The van der Waals surface area contributed by atoms with Crippen LogP contribution in [0.2, 0.25) is 0 Å². The molecule has 0 radical (unpaired) electrons. The standard InChI is InChI=1S/C3H9N5/c1-8(2)3-5-7-6-4/h3H,1-2H3,(H2,4,7). The molecular weight excluding hydrogens is 106 g/mol. The van der Waals surface area contributed by atoms with Gasteiger partial charge in [0.25, 0.3) is 0 Å². The third-order valence-corrected chi connectivity index (χ3v) is 0.386. The first-order chi connectivity index (χ1) is 3.77. The molecule has 0 amide bonds. The van der Waals surface area contributed by atoms with E-state index in [0.717, 1.165) is 0 Å². The summed E-state index contributed by atoms with van der Waals surface area (Å²) in [6.45, 7) is 0. The van der Waals surface area contributed by atoms with Crippen molar-refractivity contribution in [1.29, 1.82) is 0 Å². The molecule has 2 N–H and O–H groups in total. The molecule has 0 aromatic rings. The molecule has 0 bridgehead atoms. The molecular formula is C3H9N5. The fraction of sp³-hybridized carbons (Fsp3) is 0.667. The molecule has 0 aliphatic heterocycles. The molecule has 0 aliphatic carbocycles. The quantitative estimate of drug-likeness (QED) is 0.178. The maximum absolute atomic E-state index is 4.64. The van der Waals surface area contributed by atoms with E-state index >= 15 is 0 Å². The molecule has 0 unspecified atom stereocenters. The topological polar surface area (TPSA) is 66.3 Å². The normalized spacial score (nSPS) is 11.2. The highest BCUT2D eigenvalue weighted by Crippen LogP contribution is 1.69. The lowest BCUT2D eigenvalue weighted by Crippen LogP contribution is -2.06. The van der Waals surface area contributed by atoms with Gasteiger partial charge in [-0.1, -0.05) is 5.22 Å². The zero-order chi connectivity index (χ0) is 6.41. The number of nitrogens with two attached hydrogens (primary N) is 1. The van der Waals surface area contributed by atoms with Crippen LogP contribution in [0, 0.1) is 0 Å². The SMILES string of the molecule is CN(C)C=NN=NN. The molecule has 0 aromatic heterocycles. The van der Waals surface area contributed by atoms with Crippen molar-refractivity contribution >= 4 is 6.34 Å². The van der Waals surface area contributed by atoms with Crippen LogP contribution in [-0.2, 0) is 0 Å². The Morgan fingerprint density at radius 3 is 2.50 bits per heavy atom. The van der Waals surface area contributed by atoms with Gasteiger partial charge in [-0.05, 0) is 5.22 Å². The van der Waals surface area contributed by atoms with Gasteiger partial charge in [0.15, 0.2) is 0 Å². The zero-order valence-corrected chi connectivity index (χ0v) is 4.94. The molecule has 5 nitrogen and oxygen atoms in total. The fourth-order valence-corrected chi connectivity index (χ4v) is 0.156. The van der Waals surface area contributed by atoms with Gasteiger partial charge in [0, 0.05) is 14.1 Å². The summed E-state index contributed by atoms with van der Waals surface area (Å²) < 4.78 is 0. The Balaban J connectivity index is 3.34. The third-order valence-electron chi connectivity index (χ3n) is 0.386. The molecule has 0 spiro atoms. The van der Waals surface area contributed by atoms with Crippen LogP contribution in [0.4, 0.5) is 0 Å². The number of nitrogens with zero attached hydrogens (tertiary/aromatic N) is 4. The molecule has 0 fully saturated rings. The fourth-order valence-electron chi connectivity index (χ4n) is 0.156. The van der Waals surface area contributed by atoms with E-state index in [-0.39, 0.29) is 0 Å². The average Bonchev–Trinajstić information content (AvgIpc) is 1.66. The van der Waals surface area contributed by atoms with Crippen molar-refractivity contribution in [3.63, 3.8) is 0 Å². The van der Waals surface area contributed by atoms with Gasteiger partial charge in [-0.15, -0.1) is 5.10 Å². The molecule has 46 valence electrons. The Morgan fingerprint density at radius 1 is 1.50 bits per heavy atom. The van der Waals surface area contributed by atoms with Crippen LogP contribution in [0.1, 0.15) is 0 Å². The maximum Gasteiger partial charge on any atom is 0.115 e. The average molecular weight is 115 g/mol. The van der Waals surface area contributed by atoms with Crippen LogP contribution >= 0.6 is 0 Å². The van der Waals surface area contributed by atoms with Crippen molar-refractivity contribution in [1.82, 2.24) is 4.90 Å². The van der Waals surface area contributed by atoms with Gasteiger partial charge in [-0.2, -0.15) is 0 Å². The van der Waals surface area contributed by atoms with Gasteiger partial charge in [-0.25, -0.2) is 0 Å². The predicted molar refractivity (Wildman–Crippen MR) is 31.2 cm³/mol. The molecule has 0 saturated heterocycles. The molecule has 0 aliphatic rings. The first-order valence-electron chi connectivity index (χ1n) is 2.07. The van der Waals surface area contributed by atoms with Crippen LogP contribution in [0.25, 0.3) is 0 Å². The lowest BCUT2D eigenvalue weighted by Gasteiger charge is -1.97. The van der Waals surface area contributed by atoms with Crippen LogP contribution in [0.5, 0.6) is 0 Å². The van der Waals surface area contributed by atoms with Crippen molar-refractivity contribution in [2.75, 3.05) is 14.1 Å². The van der Waals surface area contributed by atoms with Gasteiger partial charge in [0.1, 0.15) is 6.34 Å². The minimum atomic E-state index is 1.50. The number of hydrogen-bond donors (Lipinski definition) is 1. The monoisotopic (exact) mass is 115 g/mol. The van der Waals surface area contributed by atoms with E-state index in [0.29, 0.717) is 0 Å². The minimum absolute atomic E-state index is 1.50. The van der Waals surface area contributed by atoms with Crippen LogP contribution in [0.15, 0.2) is 15.5 Å². The summed E-state index contributed by atoms with van der Waals surface area (Å²) in [6.07, 6.45) is 1.50. The Hall–Kier alpha value is -1.13. The minimum Gasteiger partial charge on any atom is -0.367 e. The summed E-state index contributed by atoms with van der Waals surface area (Å²) in [7, 11) is 3.66. The van der Waals surface area contributed by atoms with Gasteiger partial charge in [-0.3, -0.25) is 0 Å². The lowest BCUT2D eigenvalue weighted by molar-refractivity contribution is 0.638. The summed E-state index contributed by atoms with van der Waals surface area (Å²) in [4.78, 5) is 1.73. The largest absolute Gasteiger partial charge is 0.367 e. The molecule has 5 heteroatoms. The molecule has 0 saturated carbocycles. The van der Waals surface area contributed by atoms with E-state index in [1.54, 1.807) is 4.90 Å². The van der Waals surface area contributed by atoms with E-state index in [9.17, 15) is 0 Å². The highest BCUT2D eigenvalue weighted by Gasteiger charge is 1.71. The summed E-state index contributed by atoms with van der Waals surface area (Å²) >= 11 is 0. The first kappa shape index (κ1) is 6.87. The summed E-state index contributed by atoms with van der Waals surface area (Å²) in [5, 5.41) is 9.47. The second kappa shape index (κ2) is 4.04. The lowest BCUT2D eigenvalue weighted by atomic mass is 11.0. The molecule has 8 heavy (non-hydrogen) atoms. The Morgan fingerprint density at radius 2 is 2.12 bits per heavy atom. The zero-order valence-electron chi connectivity index (χ0n) is 4.94. The van der Waals surface area contributed by atoms with Crippen molar-refractivity contribution in [2.24, 2.45) is 21.4 Å². The van der Waals surface area contributed by atoms with E-state index in [2.05, 4.69) is 21.4 Å². The molecule has 0 rings (SSSR count). The Labute approximate surface area is 47.9 Å². The van der Waals surface area contributed by atoms with Crippen LogP contribution in [0.3, 0.4) is 0 Å². The van der Waals surface area contributed by atoms with E-state index in [1.165, 1.54) is 6.34 Å². The molecule has 0 atom stereocenters. The Kier molecular flexibility index (Phi) is 3.47. The second-order valence-electron chi connectivity index (χ2n) is 1.40. The van der Waals surface area contributed by atoms with Gasteiger partial charge in [0.05, 0.1) is 0 Å². The maximum atomic E-state index is 4.64. The third kappa shape index (κ3) is 4.87. The van der Waals surface area contributed by atoms with E-state index < -0.39 is 0 Å². The Bertz CT molecular complexity index is 93.8. The van der Waals surface area contributed by atoms with Gasteiger partial charge in [0.2, 0.25) is 0 Å². The number of hydrogen-bond acceptors (Lipinski definition) is 2. The van der Waals surface area contributed by atoms with Crippen LogP contribution < -0.4 is 5.84 Å². The first-order valence-corrected chi connectivity index (χ1v) is 2.07. The van der Waals surface area contributed by atoms with Crippen LogP contribution in [-0.4, -0.2) is 25.3 Å². The summed E-state index contributed by atoms with van der Waals surface area (Å²) in [5.41, 5.74) is 0. The molecule has 0 aromatic carbocycles. The van der Waals surface area contributed by atoms with Gasteiger partial charge < -0.3 is 10.7 Å². The predicted octanol–water partition coefficient (Wildman–Crippen LogP) is -0.183. The van der Waals surface area contributed by atoms with Crippen molar-refractivity contribution in [3.8, 4) is 0 Å². The highest BCUT2D eigenvalue weighted by molar-refractivity contribution is 5.53. The van der Waals surface area contributed by atoms with Crippen molar-refractivity contribution in [2.45, 2.75) is 0 Å². The van der Waals surface area contributed by atoms with Crippen molar-refractivity contribution in [3.05, 3.63) is 0 Å². The molecule has 0 heterocycles. The number of rotatable bonds is 2. The summed E-state index contributed by atoms with van der Waals surface area (Å²) in [5.74, 6) is 4.64. The summed E-state index contributed by atoms with van der Waals surface area (Å²) in [6, 6.07) is 0. The van der Waals surface area contributed by atoms with Crippen molar-refractivity contribution < 1.29 is 0 Å². The van der Waals surface area contributed by atoms with E-state index in [4.69, 9.17) is 0 Å². The smallest absolute Gasteiger partial charge is 0.115 e. The highest BCUT2D eigenvalue weighted by atomic mass is 15.5.